The molecular weight excluding hydrogens is 435 g/mol. The molecular formula is C21H33IN4. The molecule has 4 rings (SSSR count). The van der Waals surface area contributed by atoms with E-state index in [4.69, 9.17) is 4.99 Å². The van der Waals surface area contributed by atoms with E-state index in [1.54, 1.807) is 0 Å². The summed E-state index contributed by atoms with van der Waals surface area (Å²) >= 11 is 0. The highest BCUT2D eigenvalue weighted by molar-refractivity contribution is 14.0. The van der Waals surface area contributed by atoms with E-state index in [1.807, 2.05) is 0 Å². The zero-order valence-corrected chi connectivity index (χ0v) is 18.4. The number of halogens is 1. The minimum Gasteiger partial charge on any atom is -0.354 e. The van der Waals surface area contributed by atoms with Gasteiger partial charge in [0, 0.05) is 43.7 Å². The van der Waals surface area contributed by atoms with Gasteiger partial charge in [0.15, 0.2) is 5.96 Å². The Morgan fingerprint density at radius 2 is 1.85 bits per heavy atom. The number of guanidine groups is 1. The summed E-state index contributed by atoms with van der Waals surface area (Å²) in [6, 6.07) is 10.8. The van der Waals surface area contributed by atoms with Gasteiger partial charge in [-0.15, -0.1) is 24.0 Å². The molecule has 0 aromatic heterocycles. The van der Waals surface area contributed by atoms with Crippen LogP contribution in [0.25, 0.3) is 0 Å². The van der Waals surface area contributed by atoms with Gasteiger partial charge in [-0.05, 0) is 57.1 Å². The van der Waals surface area contributed by atoms with E-state index >= 15 is 0 Å². The Morgan fingerprint density at radius 1 is 1.12 bits per heavy atom. The molecule has 2 aliphatic carbocycles. The van der Waals surface area contributed by atoms with Crippen molar-refractivity contribution in [3.63, 3.8) is 0 Å². The van der Waals surface area contributed by atoms with Crippen LogP contribution in [0.1, 0.15) is 56.1 Å². The van der Waals surface area contributed by atoms with Crippen molar-refractivity contribution >= 4 is 29.9 Å². The smallest absolute Gasteiger partial charge is 0.191 e. The van der Waals surface area contributed by atoms with Gasteiger partial charge in [-0.3, -0.25) is 4.99 Å². The molecule has 0 amide bonds. The predicted octanol–water partition coefficient (Wildman–Crippen LogP) is 3.65. The van der Waals surface area contributed by atoms with Crippen molar-refractivity contribution in [2.24, 2.45) is 4.99 Å². The van der Waals surface area contributed by atoms with Crippen molar-refractivity contribution in [1.29, 1.82) is 0 Å². The maximum absolute atomic E-state index is 4.70. The van der Waals surface area contributed by atoms with Crippen LogP contribution in [0.15, 0.2) is 29.3 Å². The normalized spacial score (nSPS) is 26.9. The molecule has 0 spiro atoms. The molecule has 144 valence electrons. The number of hydrogen-bond acceptors (Lipinski definition) is 2. The molecule has 2 unspecified atom stereocenters. The number of benzene rings is 1. The predicted molar refractivity (Wildman–Crippen MR) is 120 cm³/mol. The number of nitrogens with zero attached hydrogens (tertiary/aromatic N) is 2. The number of aliphatic imine (C=N–C) groups is 1. The van der Waals surface area contributed by atoms with Crippen molar-refractivity contribution in [3.8, 4) is 0 Å². The van der Waals surface area contributed by atoms with E-state index in [9.17, 15) is 0 Å². The fraction of sp³-hybridized carbons (Fsp3) is 0.667. The van der Waals surface area contributed by atoms with Crippen LogP contribution in [0, 0.1) is 6.92 Å². The van der Waals surface area contributed by atoms with Gasteiger partial charge in [0.2, 0.25) is 0 Å². The molecule has 3 aliphatic rings. The summed E-state index contributed by atoms with van der Waals surface area (Å²) in [5.74, 6) is 1.66. The quantitative estimate of drug-likeness (QED) is 0.394. The first-order valence-corrected chi connectivity index (χ1v) is 10.1. The van der Waals surface area contributed by atoms with E-state index in [0.29, 0.717) is 18.0 Å². The van der Waals surface area contributed by atoms with Crippen LogP contribution in [-0.2, 0) is 0 Å². The minimum absolute atomic E-state index is 0. The highest BCUT2D eigenvalue weighted by Gasteiger charge is 2.40. The van der Waals surface area contributed by atoms with Crippen molar-refractivity contribution in [2.45, 2.75) is 70.0 Å². The molecule has 4 nitrogen and oxygen atoms in total. The maximum atomic E-state index is 4.70. The van der Waals surface area contributed by atoms with Crippen LogP contribution in [0.5, 0.6) is 0 Å². The Hall–Kier alpha value is -0.820. The maximum Gasteiger partial charge on any atom is 0.191 e. The molecule has 1 aromatic rings. The average Bonchev–Trinajstić information content (AvgIpc) is 3.52. The fourth-order valence-electron chi connectivity index (χ4n) is 4.21. The van der Waals surface area contributed by atoms with Crippen LogP contribution < -0.4 is 10.6 Å². The third-order valence-electron chi connectivity index (χ3n) is 5.95. The second-order valence-corrected chi connectivity index (χ2v) is 7.96. The second kappa shape index (κ2) is 8.91. The van der Waals surface area contributed by atoms with E-state index in [1.165, 1.54) is 56.3 Å². The van der Waals surface area contributed by atoms with Crippen molar-refractivity contribution < 1.29 is 0 Å². The topological polar surface area (TPSA) is 39.7 Å². The minimum atomic E-state index is 0. The van der Waals surface area contributed by atoms with E-state index < -0.39 is 0 Å². The molecule has 2 N–H and O–H groups in total. The molecule has 0 bridgehead atoms. The highest BCUT2D eigenvalue weighted by atomic mass is 127. The molecule has 1 heterocycles. The summed E-state index contributed by atoms with van der Waals surface area (Å²) in [6.07, 6.45) is 6.54. The number of aryl methyl sites for hydroxylation is 1. The van der Waals surface area contributed by atoms with Gasteiger partial charge < -0.3 is 15.5 Å². The Kier molecular flexibility index (Phi) is 6.83. The SMILES string of the molecule is CCN=C(NC1CCN(C2CC2)CC1)NC1CC1c1ccccc1C.I. The largest absolute Gasteiger partial charge is 0.354 e. The third-order valence-corrected chi connectivity index (χ3v) is 5.95. The lowest BCUT2D eigenvalue weighted by Crippen LogP contribution is -2.49. The van der Waals surface area contributed by atoms with Gasteiger partial charge in [0.25, 0.3) is 0 Å². The summed E-state index contributed by atoms with van der Waals surface area (Å²) in [7, 11) is 0. The number of hydrogen-bond donors (Lipinski definition) is 2. The zero-order chi connectivity index (χ0) is 17.2. The zero-order valence-electron chi connectivity index (χ0n) is 16.1. The lowest BCUT2D eigenvalue weighted by Gasteiger charge is -2.33. The third kappa shape index (κ3) is 4.91. The summed E-state index contributed by atoms with van der Waals surface area (Å²) < 4.78 is 0. The summed E-state index contributed by atoms with van der Waals surface area (Å²) in [5, 5.41) is 7.39. The average molecular weight is 468 g/mol. The Morgan fingerprint density at radius 3 is 2.50 bits per heavy atom. The Bertz CT molecular complexity index is 620. The summed E-state index contributed by atoms with van der Waals surface area (Å²) in [4.78, 5) is 7.37. The van der Waals surface area contributed by atoms with Crippen LogP contribution >= 0.6 is 24.0 Å². The van der Waals surface area contributed by atoms with Gasteiger partial charge in [-0.2, -0.15) is 0 Å². The van der Waals surface area contributed by atoms with Gasteiger partial charge in [-0.1, -0.05) is 24.3 Å². The number of piperidine rings is 1. The van der Waals surface area contributed by atoms with Crippen molar-refractivity contribution in [3.05, 3.63) is 35.4 Å². The van der Waals surface area contributed by atoms with E-state index in [0.717, 1.165) is 18.5 Å². The molecule has 1 saturated heterocycles. The lowest BCUT2D eigenvalue weighted by atomic mass is 10.0. The molecule has 1 aromatic carbocycles. The Balaban J connectivity index is 0.00000196. The Labute approximate surface area is 175 Å². The number of nitrogens with one attached hydrogen (secondary N) is 2. The number of likely N-dealkylation sites (tertiary alicyclic amines) is 1. The van der Waals surface area contributed by atoms with Crippen LogP contribution in [0.4, 0.5) is 0 Å². The molecule has 5 heteroatoms. The van der Waals surface area contributed by atoms with Crippen LogP contribution in [-0.4, -0.2) is 48.6 Å². The van der Waals surface area contributed by atoms with Crippen molar-refractivity contribution in [1.82, 2.24) is 15.5 Å². The van der Waals surface area contributed by atoms with Gasteiger partial charge >= 0.3 is 0 Å². The first-order valence-electron chi connectivity index (χ1n) is 10.1. The van der Waals surface area contributed by atoms with Gasteiger partial charge in [-0.25, -0.2) is 0 Å². The number of rotatable bonds is 5. The van der Waals surface area contributed by atoms with Crippen molar-refractivity contribution in [2.75, 3.05) is 19.6 Å². The molecule has 3 fully saturated rings. The molecule has 2 saturated carbocycles. The molecule has 2 atom stereocenters. The van der Waals surface area contributed by atoms with E-state index in [-0.39, 0.29) is 24.0 Å². The van der Waals surface area contributed by atoms with Gasteiger partial charge in [0.1, 0.15) is 0 Å². The van der Waals surface area contributed by atoms with Crippen LogP contribution in [0.2, 0.25) is 0 Å². The first kappa shape index (κ1) is 19.9. The standard InChI is InChI=1S/C21H32N4.HI/c1-3-22-21(23-16-10-12-25(13-11-16)17-8-9-17)24-20-14-19(20)18-7-5-4-6-15(18)2;/h4-7,16-17,19-20H,3,8-14H2,1-2H3,(H2,22,23,24);1H. The van der Waals surface area contributed by atoms with Crippen LogP contribution in [0.3, 0.4) is 0 Å². The van der Waals surface area contributed by atoms with Gasteiger partial charge in [0.05, 0.1) is 0 Å². The second-order valence-electron chi connectivity index (χ2n) is 7.96. The highest BCUT2D eigenvalue weighted by Crippen LogP contribution is 2.42. The lowest BCUT2D eigenvalue weighted by molar-refractivity contribution is 0.197. The molecule has 1 aliphatic heterocycles. The van der Waals surface area contributed by atoms with E-state index in [2.05, 4.69) is 53.6 Å². The fourth-order valence-corrected chi connectivity index (χ4v) is 4.21. The summed E-state index contributed by atoms with van der Waals surface area (Å²) in [6.45, 7) is 7.66. The molecule has 0 radical (unpaired) electrons. The monoisotopic (exact) mass is 468 g/mol. The first-order chi connectivity index (χ1) is 12.2. The molecule has 26 heavy (non-hydrogen) atoms. The summed E-state index contributed by atoms with van der Waals surface area (Å²) in [5.41, 5.74) is 2.90.